The van der Waals surface area contributed by atoms with E-state index >= 15 is 0 Å². The minimum Gasteiger partial charge on any atom is -0.408 e. The lowest BCUT2D eigenvalue weighted by Gasteiger charge is -2.07. The number of alkyl halides is 2. The molecule has 0 saturated heterocycles. The molecule has 0 spiro atoms. The van der Waals surface area contributed by atoms with Gasteiger partial charge in [0.05, 0.1) is 6.54 Å². The van der Waals surface area contributed by atoms with Crippen LogP contribution in [0.2, 0.25) is 0 Å². The molecular weight excluding hydrogens is 184 g/mol. The number of aliphatic hydroxyl groups excluding tert-OH is 1. The first-order valence-electron chi connectivity index (χ1n) is 3.60. The van der Waals surface area contributed by atoms with Crippen molar-refractivity contribution in [3.05, 3.63) is 5.89 Å². The number of nitrogens with one attached hydrogen (secondary N) is 1. The molecule has 0 saturated carbocycles. The summed E-state index contributed by atoms with van der Waals surface area (Å²) in [5, 5.41) is 18.0. The molecule has 0 radical (unpaired) electrons. The third kappa shape index (κ3) is 2.94. The molecule has 13 heavy (non-hydrogen) atoms. The van der Waals surface area contributed by atoms with Gasteiger partial charge < -0.3 is 14.8 Å². The molecule has 0 aliphatic heterocycles. The van der Waals surface area contributed by atoms with Gasteiger partial charge in [-0.1, -0.05) is 5.10 Å². The van der Waals surface area contributed by atoms with Gasteiger partial charge in [-0.3, -0.25) is 0 Å². The van der Waals surface area contributed by atoms with Crippen molar-refractivity contribution in [3.63, 3.8) is 0 Å². The fourth-order valence-electron chi connectivity index (χ4n) is 0.649. The van der Waals surface area contributed by atoms with Crippen LogP contribution in [0.3, 0.4) is 0 Å². The van der Waals surface area contributed by atoms with Gasteiger partial charge in [0.1, 0.15) is 6.10 Å². The number of rotatable bonds is 4. The molecule has 74 valence electrons. The molecule has 1 aromatic heterocycles. The van der Waals surface area contributed by atoms with E-state index in [4.69, 9.17) is 9.52 Å². The number of anilines is 1. The number of hydrogen-bond donors (Lipinski definition) is 2. The molecule has 2 N–H and O–H groups in total. The Bertz CT molecular complexity index is 266. The van der Waals surface area contributed by atoms with Gasteiger partial charge in [-0.2, -0.15) is 0 Å². The molecule has 0 bridgehead atoms. The Kier molecular flexibility index (Phi) is 3.13. The van der Waals surface area contributed by atoms with E-state index < -0.39 is 12.5 Å². The van der Waals surface area contributed by atoms with Crippen LogP contribution in [-0.2, 0) is 0 Å². The lowest BCUT2D eigenvalue weighted by atomic mass is 10.4. The molecular formula is C6H9F2N3O2. The van der Waals surface area contributed by atoms with Crippen molar-refractivity contribution in [1.29, 1.82) is 0 Å². The maximum atomic E-state index is 11.8. The van der Waals surface area contributed by atoms with Crippen LogP contribution in [0.4, 0.5) is 14.8 Å². The molecule has 0 aliphatic rings. The van der Waals surface area contributed by atoms with E-state index in [9.17, 15) is 8.78 Å². The van der Waals surface area contributed by atoms with Crippen LogP contribution in [-0.4, -0.2) is 34.4 Å². The Morgan fingerprint density at radius 2 is 2.23 bits per heavy atom. The Balaban J connectivity index is 2.35. The maximum Gasteiger partial charge on any atom is 0.315 e. The zero-order valence-corrected chi connectivity index (χ0v) is 6.87. The molecule has 0 aliphatic carbocycles. The van der Waals surface area contributed by atoms with E-state index in [1.807, 2.05) is 0 Å². The Labute approximate surface area is 72.8 Å². The lowest BCUT2D eigenvalue weighted by molar-refractivity contribution is 0.00360. The van der Waals surface area contributed by atoms with E-state index in [0.29, 0.717) is 5.89 Å². The van der Waals surface area contributed by atoms with Crippen molar-refractivity contribution in [2.24, 2.45) is 0 Å². The average molecular weight is 193 g/mol. The SMILES string of the molecule is Cc1nnc(NCC(O)C(F)F)o1. The van der Waals surface area contributed by atoms with Crippen molar-refractivity contribution in [2.45, 2.75) is 19.5 Å². The second kappa shape index (κ2) is 4.13. The smallest absolute Gasteiger partial charge is 0.315 e. The van der Waals surface area contributed by atoms with Crippen molar-refractivity contribution in [1.82, 2.24) is 10.2 Å². The van der Waals surface area contributed by atoms with E-state index in [2.05, 4.69) is 15.5 Å². The predicted molar refractivity (Wildman–Crippen MR) is 39.5 cm³/mol. The number of nitrogens with zero attached hydrogens (tertiary/aromatic N) is 2. The largest absolute Gasteiger partial charge is 0.408 e. The van der Waals surface area contributed by atoms with Gasteiger partial charge in [0, 0.05) is 6.92 Å². The van der Waals surface area contributed by atoms with Crippen LogP contribution < -0.4 is 5.32 Å². The van der Waals surface area contributed by atoms with Crippen LogP contribution in [0, 0.1) is 6.92 Å². The van der Waals surface area contributed by atoms with Gasteiger partial charge >= 0.3 is 6.01 Å². The van der Waals surface area contributed by atoms with Crippen LogP contribution in [0.25, 0.3) is 0 Å². The summed E-state index contributed by atoms with van der Waals surface area (Å²) in [5.41, 5.74) is 0. The number of aliphatic hydroxyl groups is 1. The van der Waals surface area contributed by atoms with Crippen molar-refractivity contribution in [3.8, 4) is 0 Å². The van der Waals surface area contributed by atoms with Gasteiger partial charge in [0.25, 0.3) is 6.43 Å². The predicted octanol–water partition coefficient (Wildman–Crippen LogP) is 0.416. The monoisotopic (exact) mass is 193 g/mol. The molecule has 1 aromatic rings. The second-order valence-corrected chi connectivity index (χ2v) is 2.41. The Morgan fingerprint density at radius 3 is 2.69 bits per heavy atom. The highest BCUT2D eigenvalue weighted by atomic mass is 19.3. The van der Waals surface area contributed by atoms with Gasteiger partial charge in [0.2, 0.25) is 5.89 Å². The second-order valence-electron chi connectivity index (χ2n) is 2.41. The maximum absolute atomic E-state index is 11.8. The Hall–Kier alpha value is -1.24. The summed E-state index contributed by atoms with van der Waals surface area (Å²) in [4.78, 5) is 0. The first-order chi connectivity index (χ1) is 6.09. The van der Waals surface area contributed by atoms with Crippen molar-refractivity contribution in [2.75, 3.05) is 11.9 Å². The topological polar surface area (TPSA) is 71.2 Å². The normalized spacial score (nSPS) is 13.3. The molecule has 1 heterocycles. The van der Waals surface area contributed by atoms with Gasteiger partial charge in [-0.15, -0.1) is 5.10 Å². The summed E-state index contributed by atoms with van der Waals surface area (Å²) in [6.07, 6.45) is -4.51. The summed E-state index contributed by atoms with van der Waals surface area (Å²) in [7, 11) is 0. The number of hydrogen-bond acceptors (Lipinski definition) is 5. The van der Waals surface area contributed by atoms with Crippen molar-refractivity contribution >= 4 is 6.01 Å². The lowest BCUT2D eigenvalue weighted by Crippen LogP contribution is -2.26. The summed E-state index contributed by atoms with van der Waals surface area (Å²) in [6.45, 7) is 1.25. The number of halogens is 2. The number of aromatic nitrogens is 2. The highest BCUT2D eigenvalue weighted by molar-refractivity contribution is 5.16. The highest BCUT2D eigenvalue weighted by Crippen LogP contribution is 2.05. The molecule has 1 atom stereocenters. The summed E-state index contributed by atoms with van der Waals surface area (Å²) in [6, 6.07) is 0.0252. The minimum atomic E-state index is -2.78. The molecule has 0 amide bonds. The van der Waals surface area contributed by atoms with Gasteiger partial charge in [-0.05, 0) is 0 Å². The number of aryl methyl sites for hydroxylation is 1. The highest BCUT2D eigenvalue weighted by Gasteiger charge is 2.16. The fourth-order valence-corrected chi connectivity index (χ4v) is 0.649. The molecule has 7 heteroatoms. The minimum absolute atomic E-state index is 0.0252. The van der Waals surface area contributed by atoms with Crippen molar-refractivity contribution < 1.29 is 18.3 Å². The van der Waals surface area contributed by atoms with Gasteiger partial charge in [-0.25, -0.2) is 8.78 Å². The summed E-state index contributed by atoms with van der Waals surface area (Å²) in [5.74, 6) is 0.328. The molecule has 1 rings (SSSR count). The van der Waals surface area contributed by atoms with E-state index in [0.717, 1.165) is 0 Å². The third-order valence-electron chi connectivity index (χ3n) is 1.28. The first-order valence-corrected chi connectivity index (χ1v) is 3.60. The molecule has 0 aromatic carbocycles. The van der Waals surface area contributed by atoms with Crippen LogP contribution in [0.1, 0.15) is 5.89 Å². The van der Waals surface area contributed by atoms with Gasteiger partial charge in [0.15, 0.2) is 0 Å². The standard InChI is InChI=1S/C6H9F2N3O2/c1-3-10-11-6(13-3)9-2-4(12)5(7)8/h4-5,12H,2H2,1H3,(H,9,11). The average Bonchev–Trinajstić information content (AvgIpc) is 2.47. The summed E-state index contributed by atoms with van der Waals surface area (Å²) >= 11 is 0. The Morgan fingerprint density at radius 1 is 1.54 bits per heavy atom. The zero-order chi connectivity index (χ0) is 9.84. The zero-order valence-electron chi connectivity index (χ0n) is 6.87. The fraction of sp³-hybridized carbons (Fsp3) is 0.667. The molecule has 1 unspecified atom stereocenters. The first kappa shape index (κ1) is 9.85. The van der Waals surface area contributed by atoms with E-state index in [1.165, 1.54) is 0 Å². The van der Waals surface area contributed by atoms with E-state index in [1.54, 1.807) is 6.92 Å². The molecule has 0 fully saturated rings. The van der Waals surface area contributed by atoms with Crippen LogP contribution >= 0.6 is 0 Å². The quantitative estimate of drug-likeness (QED) is 0.724. The van der Waals surface area contributed by atoms with Crippen LogP contribution in [0.15, 0.2) is 4.42 Å². The summed E-state index contributed by atoms with van der Waals surface area (Å²) < 4.78 is 28.4. The van der Waals surface area contributed by atoms with E-state index in [-0.39, 0.29) is 12.6 Å². The van der Waals surface area contributed by atoms with Crippen LogP contribution in [0.5, 0.6) is 0 Å². The third-order valence-corrected chi connectivity index (χ3v) is 1.28. The molecule has 5 nitrogen and oxygen atoms in total.